The van der Waals surface area contributed by atoms with E-state index < -0.39 is 0 Å². The molecule has 3 amide bonds. The first-order valence-electron chi connectivity index (χ1n) is 10.8. The molecular formula is C24H32N4O4. The van der Waals surface area contributed by atoms with Crippen molar-refractivity contribution in [1.82, 2.24) is 10.6 Å². The Morgan fingerprint density at radius 2 is 1.53 bits per heavy atom. The van der Waals surface area contributed by atoms with Gasteiger partial charge in [-0.25, -0.2) is 0 Å². The van der Waals surface area contributed by atoms with Gasteiger partial charge in [-0.2, -0.15) is 0 Å². The van der Waals surface area contributed by atoms with Crippen LogP contribution in [0.2, 0.25) is 0 Å². The largest absolute Gasteiger partial charge is 0.385 e. The van der Waals surface area contributed by atoms with Crippen LogP contribution in [0.15, 0.2) is 48.5 Å². The first kappa shape index (κ1) is 24.9. The van der Waals surface area contributed by atoms with Crippen molar-refractivity contribution >= 4 is 29.1 Å². The number of nitrogens with one attached hydrogen (secondary N) is 4. The van der Waals surface area contributed by atoms with E-state index in [9.17, 15) is 14.4 Å². The number of ether oxygens (including phenoxy) is 1. The first-order chi connectivity index (χ1) is 15.5. The summed E-state index contributed by atoms with van der Waals surface area (Å²) in [5.74, 6) is -0.534. The van der Waals surface area contributed by atoms with Crippen LogP contribution in [0, 0.1) is 0 Å². The Morgan fingerprint density at radius 3 is 2.22 bits per heavy atom. The Morgan fingerprint density at radius 1 is 0.844 bits per heavy atom. The minimum Gasteiger partial charge on any atom is -0.385 e. The van der Waals surface area contributed by atoms with E-state index in [1.807, 2.05) is 0 Å². The smallest absolute Gasteiger partial charge is 0.251 e. The summed E-state index contributed by atoms with van der Waals surface area (Å²) in [7, 11) is 1.62. The van der Waals surface area contributed by atoms with Crippen LogP contribution in [-0.2, 0) is 9.53 Å². The van der Waals surface area contributed by atoms with Crippen molar-refractivity contribution in [2.45, 2.75) is 26.2 Å². The van der Waals surface area contributed by atoms with Gasteiger partial charge >= 0.3 is 0 Å². The fraction of sp³-hybridized carbons (Fsp3) is 0.375. The molecule has 0 aliphatic rings. The summed E-state index contributed by atoms with van der Waals surface area (Å²) >= 11 is 0. The number of anilines is 2. The summed E-state index contributed by atoms with van der Waals surface area (Å²) in [4.78, 5) is 36.5. The summed E-state index contributed by atoms with van der Waals surface area (Å²) in [5.41, 5.74) is 2.34. The van der Waals surface area contributed by atoms with Crippen LogP contribution in [0.25, 0.3) is 0 Å². The predicted octanol–water partition coefficient (Wildman–Crippen LogP) is 3.03. The molecule has 0 saturated carbocycles. The van der Waals surface area contributed by atoms with Gasteiger partial charge in [0, 0.05) is 49.3 Å². The van der Waals surface area contributed by atoms with E-state index >= 15 is 0 Å². The quantitative estimate of drug-likeness (QED) is 0.358. The highest BCUT2D eigenvalue weighted by molar-refractivity contribution is 5.97. The zero-order valence-electron chi connectivity index (χ0n) is 18.7. The summed E-state index contributed by atoms with van der Waals surface area (Å²) < 4.78 is 4.95. The number of benzene rings is 2. The maximum Gasteiger partial charge on any atom is 0.251 e. The Kier molecular flexibility index (Phi) is 10.7. The fourth-order valence-corrected chi connectivity index (χ4v) is 2.86. The van der Waals surface area contributed by atoms with Crippen LogP contribution < -0.4 is 21.3 Å². The second-order valence-electron chi connectivity index (χ2n) is 7.27. The van der Waals surface area contributed by atoms with E-state index in [1.54, 1.807) is 55.6 Å². The van der Waals surface area contributed by atoms with E-state index in [2.05, 4.69) is 28.2 Å². The van der Waals surface area contributed by atoms with Crippen molar-refractivity contribution in [3.05, 3.63) is 59.7 Å². The van der Waals surface area contributed by atoms with Gasteiger partial charge in [0.2, 0.25) is 5.91 Å². The van der Waals surface area contributed by atoms with Crippen LogP contribution in [0.5, 0.6) is 0 Å². The third-order valence-electron chi connectivity index (χ3n) is 4.64. The van der Waals surface area contributed by atoms with Crippen LogP contribution >= 0.6 is 0 Å². The summed E-state index contributed by atoms with van der Waals surface area (Å²) in [6.07, 6.45) is 2.70. The molecule has 2 aromatic rings. The van der Waals surface area contributed by atoms with Crippen LogP contribution in [0.1, 0.15) is 46.9 Å². The van der Waals surface area contributed by atoms with Crippen molar-refractivity contribution in [2.75, 3.05) is 44.0 Å². The lowest BCUT2D eigenvalue weighted by molar-refractivity contribution is -0.114. The minimum absolute atomic E-state index is 0.0443. The molecule has 8 nitrogen and oxygen atoms in total. The van der Waals surface area contributed by atoms with Gasteiger partial charge in [0.05, 0.1) is 6.54 Å². The number of rotatable bonds is 13. The van der Waals surface area contributed by atoms with Gasteiger partial charge in [-0.05, 0) is 55.3 Å². The Bertz CT molecular complexity index is 884. The average molecular weight is 441 g/mol. The molecule has 0 spiro atoms. The van der Waals surface area contributed by atoms with Gasteiger partial charge in [-0.15, -0.1) is 0 Å². The van der Waals surface area contributed by atoms with E-state index in [0.717, 1.165) is 19.3 Å². The lowest BCUT2D eigenvalue weighted by Gasteiger charge is -2.10. The van der Waals surface area contributed by atoms with Gasteiger partial charge in [0.25, 0.3) is 11.8 Å². The number of methoxy groups -OCH3 is 1. The minimum atomic E-state index is -0.237. The predicted molar refractivity (Wildman–Crippen MR) is 126 cm³/mol. The standard InChI is InChI=1S/C24H32N4O4/c1-3-4-13-25-24(31)19-7-5-8-21(16-19)27-17-22(29)28-20-11-9-18(10-12-20)23(30)26-14-6-15-32-2/h5,7-12,16,27H,3-4,6,13-15,17H2,1-2H3,(H,25,31)(H,26,30)(H,28,29). The first-order valence-corrected chi connectivity index (χ1v) is 10.8. The zero-order valence-corrected chi connectivity index (χ0v) is 18.7. The Labute approximate surface area is 189 Å². The maximum atomic E-state index is 12.3. The van der Waals surface area contributed by atoms with Crippen molar-refractivity contribution < 1.29 is 19.1 Å². The van der Waals surface area contributed by atoms with Gasteiger partial charge in [-0.3, -0.25) is 14.4 Å². The number of amides is 3. The second kappa shape index (κ2) is 13.8. The zero-order chi connectivity index (χ0) is 23.2. The number of hydrogen-bond donors (Lipinski definition) is 4. The molecule has 8 heteroatoms. The highest BCUT2D eigenvalue weighted by atomic mass is 16.5. The SMILES string of the molecule is CCCCNC(=O)c1cccc(NCC(=O)Nc2ccc(C(=O)NCCCOC)cc2)c1. The van der Waals surface area contributed by atoms with Crippen molar-refractivity contribution in [3.8, 4) is 0 Å². The molecule has 0 saturated heterocycles. The van der Waals surface area contributed by atoms with Crippen molar-refractivity contribution in [2.24, 2.45) is 0 Å². The molecule has 32 heavy (non-hydrogen) atoms. The molecule has 2 aromatic carbocycles. The van der Waals surface area contributed by atoms with Crippen LogP contribution in [-0.4, -0.2) is 51.1 Å². The monoisotopic (exact) mass is 440 g/mol. The average Bonchev–Trinajstić information content (AvgIpc) is 2.81. The third kappa shape index (κ3) is 8.77. The molecule has 0 atom stereocenters. The second-order valence-corrected chi connectivity index (χ2v) is 7.27. The molecule has 0 unspecified atom stereocenters. The van der Waals surface area contributed by atoms with Gasteiger partial charge in [0.1, 0.15) is 0 Å². The lowest BCUT2D eigenvalue weighted by atomic mass is 10.2. The number of carbonyl (C=O) groups excluding carboxylic acids is 3. The molecular weight excluding hydrogens is 408 g/mol. The molecule has 4 N–H and O–H groups in total. The van der Waals surface area contributed by atoms with Crippen LogP contribution in [0.4, 0.5) is 11.4 Å². The van der Waals surface area contributed by atoms with Gasteiger partial charge < -0.3 is 26.0 Å². The van der Waals surface area contributed by atoms with Crippen LogP contribution in [0.3, 0.4) is 0 Å². The molecule has 0 aromatic heterocycles. The topological polar surface area (TPSA) is 109 Å². The molecule has 0 bridgehead atoms. The van der Waals surface area contributed by atoms with E-state index in [0.29, 0.717) is 42.2 Å². The van der Waals surface area contributed by atoms with Gasteiger partial charge in [-0.1, -0.05) is 19.4 Å². The normalized spacial score (nSPS) is 10.3. The number of unbranched alkanes of at least 4 members (excludes halogenated alkanes) is 1. The van der Waals surface area contributed by atoms with Crippen molar-refractivity contribution in [1.29, 1.82) is 0 Å². The highest BCUT2D eigenvalue weighted by Crippen LogP contribution is 2.12. The lowest BCUT2D eigenvalue weighted by Crippen LogP contribution is -2.25. The molecule has 172 valence electrons. The summed E-state index contributed by atoms with van der Waals surface area (Å²) in [6.45, 7) is 3.89. The molecule has 0 heterocycles. The number of hydrogen-bond acceptors (Lipinski definition) is 5. The fourth-order valence-electron chi connectivity index (χ4n) is 2.86. The summed E-state index contributed by atoms with van der Waals surface area (Å²) in [6, 6.07) is 13.7. The molecule has 0 aliphatic heterocycles. The Hall–Kier alpha value is -3.39. The molecule has 0 fully saturated rings. The van der Waals surface area contributed by atoms with E-state index in [-0.39, 0.29) is 24.3 Å². The van der Waals surface area contributed by atoms with E-state index in [1.165, 1.54) is 0 Å². The third-order valence-corrected chi connectivity index (χ3v) is 4.64. The molecule has 0 radical (unpaired) electrons. The van der Waals surface area contributed by atoms with Gasteiger partial charge in [0.15, 0.2) is 0 Å². The Balaban J connectivity index is 1.80. The van der Waals surface area contributed by atoms with Crippen molar-refractivity contribution in [3.63, 3.8) is 0 Å². The highest BCUT2D eigenvalue weighted by Gasteiger charge is 2.08. The number of carbonyl (C=O) groups is 3. The van der Waals surface area contributed by atoms with E-state index in [4.69, 9.17) is 4.74 Å². The summed E-state index contributed by atoms with van der Waals surface area (Å²) in [5, 5.41) is 11.5. The maximum absolute atomic E-state index is 12.3. The molecule has 0 aliphatic carbocycles. The molecule has 2 rings (SSSR count).